The molecule has 1 aromatic carbocycles. The summed E-state index contributed by atoms with van der Waals surface area (Å²) in [5.74, 6) is 0.878. The Morgan fingerprint density at radius 1 is 1.40 bits per heavy atom. The SMILES string of the molecule is CCCc1nc(COc2ccc(C(C)=O)cc2C)cs1. The summed E-state index contributed by atoms with van der Waals surface area (Å²) in [6.45, 7) is 6.14. The summed E-state index contributed by atoms with van der Waals surface area (Å²) < 4.78 is 5.78. The molecule has 0 N–H and O–H groups in total. The van der Waals surface area contributed by atoms with Crippen molar-refractivity contribution in [3.8, 4) is 5.75 Å². The highest BCUT2D eigenvalue weighted by Gasteiger charge is 2.06. The predicted octanol–water partition coefficient (Wildman–Crippen LogP) is 4.19. The Morgan fingerprint density at radius 3 is 2.85 bits per heavy atom. The number of aromatic nitrogens is 1. The first-order valence-corrected chi connectivity index (χ1v) is 7.65. The number of nitrogens with zero attached hydrogens (tertiary/aromatic N) is 1. The summed E-state index contributed by atoms with van der Waals surface area (Å²) in [5, 5.41) is 3.21. The molecular weight excluding hydrogens is 270 g/mol. The van der Waals surface area contributed by atoms with Crippen LogP contribution in [0.2, 0.25) is 0 Å². The minimum absolute atomic E-state index is 0.0726. The third-order valence-electron chi connectivity index (χ3n) is 3.02. The molecule has 1 aromatic heterocycles. The zero-order valence-electron chi connectivity index (χ0n) is 12.1. The largest absolute Gasteiger partial charge is 0.487 e. The number of ether oxygens (including phenoxy) is 1. The van der Waals surface area contributed by atoms with Gasteiger partial charge in [-0.1, -0.05) is 6.92 Å². The summed E-state index contributed by atoms with van der Waals surface area (Å²) in [4.78, 5) is 15.8. The summed E-state index contributed by atoms with van der Waals surface area (Å²) >= 11 is 1.68. The van der Waals surface area contributed by atoms with Crippen LogP contribution in [0.1, 0.15) is 46.9 Å². The molecule has 0 saturated carbocycles. The Kier molecular flexibility index (Phi) is 4.90. The topological polar surface area (TPSA) is 39.2 Å². The van der Waals surface area contributed by atoms with Crippen molar-refractivity contribution >= 4 is 17.1 Å². The minimum atomic E-state index is 0.0726. The lowest BCUT2D eigenvalue weighted by Gasteiger charge is -2.08. The first-order valence-electron chi connectivity index (χ1n) is 6.77. The average molecular weight is 289 g/mol. The lowest BCUT2D eigenvalue weighted by atomic mass is 10.1. The summed E-state index contributed by atoms with van der Waals surface area (Å²) in [6, 6.07) is 5.51. The molecule has 2 rings (SSSR count). The van der Waals surface area contributed by atoms with Crippen molar-refractivity contribution in [2.45, 2.75) is 40.2 Å². The zero-order valence-corrected chi connectivity index (χ0v) is 12.9. The molecule has 0 amide bonds. The van der Waals surface area contributed by atoms with E-state index < -0.39 is 0 Å². The van der Waals surface area contributed by atoms with Crippen molar-refractivity contribution in [2.24, 2.45) is 0 Å². The maximum Gasteiger partial charge on any atom is 0.159 e. The molecular formula is C16H19NO2S. The number of carbonyl (C=O) groups is 1. The smallest absolute Gasteiger partial charge is 0.159 e. The van der Waals surface area contributed by atoms with E-state index in [1.54, 1.807) is 24.3 Å². The maximum absolute atomic E-state index is 11.3. The first-order chi connectivity index (χ1) is 9.60. The van der Waals surface area contributed by atoms with Gasteiger partial charge >= 0.3 is 0 Å². The number of Topliss-reactive ketones (excluding diaryl/α,β-unsaturated/α-hetero) is 1. The van der Waals surface area contributed by atoms with Gasteiger partial charge in [0.2, 0.25) is 0 Å². The van der Waals surface area contributed by atoms with Gasteiger partial charge in [0.1, 0.15) is 12.4 Å². The van der Waals surface area contributed by atoms with Gasteiger partial charge in [0.25, 0.3) is 0 Å². The van der Waals surface area contributed by atoms with E-state index >= 15 is 0 Å². The van der Waals surface area contributed by atoms with Crippen molar-refractivity contribution in [1.82, 2.24) is 4.98 Å². The third-order valence-corrected chi connectivity index (χ3v) is 3.98. The number of rotatable bonds is 6. The van der Waals surface area contributed by atoms with Gasteiger partial charge in [-0.3, -0.25) is 4.79 Å². The van der Waals surface area contributed by atoms with Crippen molar-refractivity contribution in [1.29, 1.82) is 0 Å². The highest BCUT2D eigenvalue weighted by molar-refractivity contribution is 7.09. The molecule has 2 aromatic rings. The summed E-state index contributed by atoms with van der Waals surface area (Å²) in [5.41, 5.74) is 2.66. The second-order valence-corrected chi connectivity index (χ2v) is 5.75. The standard InChI is InChI=1S/C16H19NO2S/c1-4-5-16-17-14(10-20-16)9-19-15-7-6-13(12(3)18)8-11(15)2/h6-8,10H,4-5,9H2,1-3H3. The van der Waals surface area contributed by atoms with Gasteiger partial charge in [-0.15, -0.1) is 11.3 Å². The van der Waals surface area contributed by atoms with Crippen LogP contribution < -0.4 is 4.74 Å². The Bertz CT molecular complexity index is 604. The number of benzene rings is 1. The molecule has 3 nitrogen and oxygen atoms in total. The van der Waals surface area contributed by atoms with Crippen LogP contribution in [-0.4, -0.2) is 10.8 Å². The first kappa shape index (κ1) is 14.7. The number of thiazole rings is 1. The van der Waals surface area contributed by atoms with E-state index in [0.717, 1.165) is 34.9 Å². The molecule has 0 aliphatic heterocycles. The average Bonchev–Trinajstić information content (AvgIpc) is 2.85. The van der Waals surface area contributed by atoms with E-state index in [2.05, 4.69) is 11.9 Å². The van der Waals surface area contributed by atoms with Crippen LogP contribution in [0, 0.1) is 6.92 Å². The lowest BCUT2D eigenvalue weighted by Crippen LogP contribution is -1.99. The van der Waals surface area contributed by atoms with Crippen molar-refractivity contribution in [2.75, 3.05) is 0 Å². The quantitative estimate of drug-likeness (QED) is 0.749. The molecule has 0 bridgehead atoms. The third kappa shape index (κ3) is 3.67. The molecule has 106 valence electrons. The normalized spacial score (nSPS) is 10.6. The van der Waals surface area contributed by atoms with Crippen LogP contribution in [0.4, 0.5) is 0 Å². The fourth-order valence-corrected chi connectivity index (χ4v) is 2.81. The Hall–Kier alpha value is -1.68. The number of ketones is 1. The van der Waals surface area contributed by atoms with Crippen LogP contribution in [-0.2, 0) is 13.0 Å². The minimum Gasteiger partial charge on any atom is -0.487 e. The zero-order chi connectivity index (χ0) is 14.5. The molecule has 0 unspecified atom stereocenters. The van der Waals surface area contributed by atoms with Gasteiger partial charge in [-0.25, -0.2) is 4.98 Å². The van der Waals surface area contributed by atoms with Crippen LogP contribution >= 0.6 is 11.3 Å². The van der Waals surface area contributed by atoms with Gasteiger partial charge in [0.15, 0.2) is 5.78 Å². The van der Waals surface area contributed by atoms with Crippen LogP contribution in [0.3, 0.4) is 0 Å². The molecule has 0 atom stereocenters. The number of hydrogen-bond donors (Lipinski definition) is 0. The molecule has 0 radical (unpaired) electrons. The fraction of sp³-hybridized carbons (Fsp3) is 0.375. The van der Waals surface area contributed by atoms with Crippen LogP contribution in [0.5, 0.6) is 5.75 Å². The second-order valence-electron chi connectivity index (χ2n) is 4.81. The Labute approximate surface area is 123 Å². The molecule has 4 heteroatoms. The molecule has 0 fully saturated rings. The number of hydrogen-bond acceptors (Lipinski definition) is 4. The molecule has 0 aliphatic carbocycles. The fourth-order valence-electron chi connectivity index (χ4n) is 1.93. The summed E-state index contributed by atoms with van der Waals surface area (Å²) in [7, 11) is 0. The second kappa shape index (κ2) is 6.66. The number of aryl methyl sites for hydroxylation is 2. The highest BCUT2D eigenvalue weighted by Crippen LogP contribution is 2.21. The molecule has 20 heavy (non-hydrogen) atoms. The van der Waals surface area contributed by atoms with Crippen LogP contribution in [0.25, 0.3) is 0 Å². The molecule has 0 saturated heterocycles. The summed E-state index contributed by atoms with van der Waals surface area (Å²) in [6.07, 6.45) is 2.14. The van der Waals surface area contributed by atoms with Crippen molar-refractivity contribution in [3.05, 3.63) is 45.4 Å². The highest BCUT2D eigenvalue weighted by atomic mass is 32.1. The predicted molar refractivity (Wildman–Crippen MR) is 81.6 cm³/mol. The van der Waals surface area contributed by atoms with Crippen molar-refractivity contribution in [3.63, 3.8) is 0 Å². The van der Waals surface area contributed by atoms with E-state index in [1.165, 1.54) is 0 Å². The van der Waals surface area contributed by atoms with E-state index in [-0.39, 0.29) is 5.78 Å². The van der Waals surface area contributed by atoms with E-state index in [0.29, 0.717) is 12.2 Å². The van der Waals surface area contributed by atoms with E-state index in [1.807, 2.05) is 24.4 Å². The monoisotopic (exact) mass is 289 g/mol. The van der Waals surface area contributed by atoms with Gasteiger partial charge in [-0.05, 0) is 50.5 Å². The van der Waals surface area contributed by atoms with Gasteiger partial charge in [0, 0.05) is 10.9 Å². The Morgan fingerprint density at radius 2 is 2.20 bits per heavy atom. The molecule has 1 heterocycles. The van der Waals surface area contributed by atoms with Crippen molar-refractivity contribution < 1.29 is 9.53 Å². The molecule has 0 spiro atoms. The van der Waals surface area contributed by atoms with Gasteiger partial charge in [0.05, 0.1) is 10.7 Å². The van der Waals surface area contributed by atoms with Crippen LogP contribution in [0.15, 0.2) is 23.6 Å². The lowest BCUT2D eigenvalue weighted by molar-refractivity contribution is 0.101. The van der Waals surface area contributed by atoms with Gasteiger partial charge in [-0.2, -0.15) is 0 Å². The van der Waals surface area contributed by atoms with E-state index in [4.69, 9.17) is 4.74 Å². The van der Waals surface area contributed by atoms with E-state index in [9.17, 15) is 4.79 Å². The Balaban J connectivity index is 2.01. The molecule has 0 aliphatic rings. The number of carbonyl (C=O) groups excluding carboxylic acids is 1. The van der Waals surface area contributed by atoms with Gasteiger partial charge < -0.3 is 4.74 Å². The maximum atomic E-state index is 11.3.